The maximum Gasteiger partial charge on any atom is 0.340 e. The number of hydrogen-bond donors (Lipinski definition) is 0. The SMILES string of the molecule is Cc1cc(C)c(C)c(OC(=O)C(C)OCC2CCCCO2)c1. The minimum Gasteiger partial charge on any atom is -0.424 e. The summed E-state index contributed by atoms with van der Waals surface area (Å²) in [4.78, 5) is 12.2. The summed E-state index contributed by atoms with van der Waals surface area (Å²) < 4.78 is 16.7. The fourth-order valence-electron chi connectivity index (χ4n) is 2.56. The second kappa shape index (κ2) is 7.75. The maximum absolute atomic E-state index is 12.2. The molecule has 2 atom stereocenters. The van der Waals surface area contributed by atoms with Crippen LogP contribution in [-0.2, 0) is 14.3 Å². The molecule has 0 spiro atoms. The molecule has 0 saturated carbocycles. The van der Waals surface area contributed by atoms with Gasteiger partial charge in [0.1, 0.15) is 5.75 Å². The van der Waals surface area contributed by atoms with Crippen LogP contribution in [0.5, 0.6) is 5.75 Å². The van der Waals surface area contributed by atoms with Gasteiger partial charge in [-0.3, -0.25) is 0 Å². The lowest BCUT2D eigenvalue weighted by Crippen LogP contribution is -2.31. The van der Waals surface area contributed by atoms with Crippen molar-refractivity contribution in [3.63, 3.8) is 0 Å². The molecule has 2 unspecified atom stereocenters. The lowest BCUT2D eigenvalue weighted by atomic mass is 10.1. The Kier molecular flexibility index (Phi) is 5.98. The Morgan fingerprint density at radius 3 is 2.77 bits per heavy atom. The lowest BCUT2D eigenvalue weighted by molar-refractivity contribution is -0.149. The van der Waals surface area contributed by atoms with E-state index >= 15 is 0 Å². The third kappa shape index (κ3) is 4.55. The number of carbonyl (C=O) groups is 1. The molecule has 4 heteroatoms. The second-order valence-electron chi connectivity index (χ2n) is 6.09. The summed E-state index contributed by atoms with van der Waals surface area (Å²) in [6.45, 7) is 8.92. The van der Waals surface area contributed by atoms with Crippen LogP contribution in [0.3, 0.4) is 0 Å². The number of hydrogen-bond acceptors (Lipinski definition) is 4. The van der Waals surface area contributed by atoms with Crippen LogP contribution in [0.1, 0.15) is 42.9 Å². The third-order valence-electron chi connectivity index (χ3n) is 4.11. The highest BCUT2D eigenvalue weighted by Gasteiger charge is 2.21. The summed E-state index contributed by atoms with van der Waals surface area (Å²) in [6.07, 6.45) is 2.78. The van der Waals surface area contributed by atoms with Gasteiger partial charge in [-0.25, -0.2) is 4.79 Å². The molecule has 0 bridgehead atoms. The molecule has 2 rings (SSSR count). The zero-order valence-corrected chi connectivity index (χ0v) is 14.0. The van der Waals surface area contributed by atoms with Gasteiger partial charge in [0.05, 0.1) is 12.7 Å². The Morgan fingerprint density at radius 1 is 1.32 bits per heavy atom. The molecule has 22 heavy (non-hydrogen) atoms. The number of benzene rings is 1. The van der Waals surface area contributed by atoms with Crippen molar-refractivity contribution < 1.29 is 19.0 Å². The minimum atomic E-state index is -0.592. The van der Waals surface area contributed by atoms with Gasteiger partial charge < -0.3 is 14.2 Å². The number of aryl methyl sites for hydroxylation is 2. The monoisotopic (exact) mass is 306 g/mol. The molecule has 0 amide bonds. The van der Waals surface area contributed by atoms with E-state index in [1.807, 2.05) is 26.8 Å². The first kappa shape index (κ1) is 17.0. The van der Waals surface area contributed by atoms with E-state index in [0.29, 0.717) is 12.4 Å². The molecule has 0 radical (unpaired) electrons. The Labute approximate surface area is 132 Å². The fraction of sp³-hybridized carbons (Fsp3) is 0.611. The van der Waals surface area contributed by atoms with E-state index in [1.54, 1.807) is 6.92 Å². The Morgan fingerprint density at radius 2 is 2.09 bits per heavy atom. The average molecular weight is 306 g/mol. The Bertz CT molecular complexity index is 518. The normalized spacial score (nSPS) is 19.7. The fourth-order valence-corrected chi connectivity index (χ4v) is 2.56. The predicted octanol–water partition coefficient (Wildman–Crippen LogP) is 3.49. The van der Waals surface area contributed by atoms with Crippen LogP contribution in [0.15, 0.2) is 12.1 Å². The van der Waals surface area contributed by atoms with Crippen molar-refractivity contribution in [2.24, 2.45) is 0 Å². The van der Waals surface area contributed by atoms with Crippen molar-refractivity contribution in [1.82, 2.24) is 0 Å². The van der Waals surface area contributed by atoms with E-state index in [9.17, 15) is 4.79 Å². The van der Waals surface area contributed by atoms with Gasteiger partial charge in [-0.15, -0.1) is 0 Å². The molecular formula is C18H26O4. The highest BCUT2D eigenvalue weighted by atomic mass is 16.6. The van der Waals surface area contributed by atoms with Crippen LogP contribution in [0.2, 0.25) is 0 Å². The van der Waals surface area contributed by atoms with Crippen molar-refractivity contribution >= 4 is 5.97 Å². The van der Waals surface area contributed by atoms with Gasteiger partial charge in [0.2, 0.25) is 0 Å². The van der Waals surface area contributed by atoms with Crippen molar-refractivity contribution in [3.05, 3.63) is 28.8 Å². The van der Waals surface area contributed by atoms with E-state index in [1.165, 1.54) is 0 Å². The van der Waals surface area contributed by atoms with Gasteiger partial charge in [-0.2, -0.15) is 0 Å². The first-order valence-corrected chi connectivity index (χ1v) is 8.00. The average Bonchev–Trinajstić information content (AvgIpc) is 2.50. The molecule has 0 N–H and O–H groups in total. The van der Waals surface area contributed by atoms with E-state index in [2.05, 4.69) is 6.07 Å². The van der Waals surface area contributed by atoms with Gasteiger partial charge in [-0.05, 0) is 69.7 Å². The molecule has 1 aromatic carbocycles. The van der Waals surface area contributed by atoms with Crippen molar-refractivity contribution in [1.29, 1.82) is 0 Å². The molecule has 1 heterocycles. The van der Waals surface area contributed by atoms with Crippen LogP contribution >= 0.6 is 0 Å². The molecule has 1 aromatic rings. The van der Waals surface area contributed by atoms with Gasteiger partial charge >= 0.3 is 5.97 Å². The van der Waals surface area contributed by atoms with E-state index in [-0.39, 0.29) is 12.1 Å². The van der Waals surface area contributed by atoms with Gasteiger partial charge in [-0.1, -0.05) is 6.07 Å². The number of esters is 1. The standard InChI is InChI=1S/C18H26O4/c1-12-9-13(2)14(3)17(10-12)22-18(19)15(4)21-11-16-7-5-6-8-20-16/h9-10,15-16H,5-8,11H2,1-4H3. The number of carbonyl (C=O) groups excluding carboxylic acids is 1. The summed E-state index contributed by atoms with van der Waals surface area (Å²) in [5.74, 6) is 0.260. The quantitative estimate of drug-likeness (QED) is 0.617. The molecule has 1 fully saturated rings. The van der Waals surface area contributed by atoms with Gasteiger partial charge in [0, 0.05) is 6.61 Å². The molecule has 0 aliphatic carbocycles. The summed E-state index contributed by atoms with van der Waals surface area (Å²) in [6, 6.07) is 3.96. The van der Waals surface area contributed by atoms with Crippen LogP contribution < -0.4 is 4.74 Å². The van der Waals surface area contributed by atoms with E-state index in [0.717, 1.165) is 42.6 Å². The second-order valence-corrected chi connectivity index (χ2v) is 6.09. The van der Waals surface area contributed by atoms with E-state index in [4.69, 9.17) is 14.2 Å². The van der Waals surface area contributed by atoms with Crippen molar-refractivity contribution in [3.8, 4) is 5.75 Å². The summed E-state index contributed by atoms with van der Waals surface area (Å²) >= 11 is 0. The summed E-state index contributed by atoms with van der Waals surface area (Å²) in [5.41, 5.74) is 3.18. The Hall–Kier alpha value is -1.39. The first-order valence-electron chi connectivity index (χ1n) is 8.00. The molecule has 0 aromatic heterocycles. The zero-order chi connectivity index (χ0) is 16.1. The maximum atomic E-state index is 12.2. The van der Waals surface area contributed by atoms with Gasteiger partial charge in [0.25, 0.3) is 0 Å². The number of ether oxygens (including phenoxy) is 3. The molecule has 1 saturated heterocycles. The zero-order valence-electron chi connectivity index (χ0n) is 14.0. The highest BCUT2D eigenvalue weighted by Crippen LogP contribution is 2.24. The minimum absolute atomic E-state index is 0.104. The number of rotatable bonds is 5. The highest BCUT2D eigenvalue weighted by molar-refractivity contribution is 5.77. The van der Waals surface area contributed by atoms with Crippen LogP contribution in [0.4, 0.5) is 0 Å². The lowest BCUT2D eigenvalue weighted by Gasteiger charge is -2.23. The van der Waals surface area contributed by atoms with Crippen LogP contribution in [-0.4, -0.2) is 31.4 Å². The molecule has 1 aliphatic heterocycles. The summed E-state index contributed by atoms with van der Waals surface area (Å²) in [5, 5.41) is 0. The largest absolute Gasteiger partial charge is 0.424 e. The van der Waals surface area contributed by atoms with Crippen LogP contribution in [0.25, 0.3) is 0 Å². The smallest absolute Gasteiger partial charge is 0.340 e. The molecule has 4 nitrogen and oxygen atoms in total. The van der Waals surface area contributed by atoms with Crippen molar-refractivity contribution in [2.75, 3.05) is 13.2 Å². The van der Waals surface area contributed by atoms with E-state index < -0.39 is 6.10 Å². The Balaban J connectivity index is 1.88. The predicted molar refractivity (Wildman–Crippen MR) is 85.3 cm³/mol. The summed E-state index contributed by atoms with van der Waals surface area (Å²) in [7, 11) is 0. The van der Waals surface area contributed by atoms with Gasteiger partial charge in [0.15, 0.2) is 6.10 Å². The molecular weight excluding hydrogens is 280 g/mol. The first-order chi connectivity index (χ1) is 10.5. The van der Waals surface area contributed by atoms with Crippen LogP contribution in [0, 0.1) is 20.8 Å². The topological polar surface area (TPSA) is 44.8 Å². The van der Waals surface area contributed by atoms with Crippen molar-refractivity contribution in [2.45, 2.75) is 59.2 Å². The third-order valence-corrected chi connectivity index (χ3v) is 4.11. The molecule has 122 valence electrons. The molecule has 1 aliphatic rings.